The number of carbonyl (C=O) groups excluding carboxylic acids is 2. The van der Waals surface area contributed by atoms with Crippen LogP contribution in [-0.2, 0) is 16.8 Å². The number of rotatable bonds is 5. The van der Waals surface area contributed by atoms with Gasteiger partial charge in [-0.15, -0.1) is 0 Å². The largest absolute Gasteiger partial charge is 0.348 e. The maximum Gasteiger partial charge on any atom is 0.298 e. The third kappa shape index (κ3) is 5.92. The van der Waals surface area contributed by atoms with Crippen molar-refractivity contribution in [3.63, 3.8) is 0 Å². The number of fused-ring (bicyclic) bond motifs is 1. The van der Waals surface area contributed by atoms with Crippen LogP contribution >= 0.6 is 0 Å². The maximum absolute atomic E-state index is 12.8. The molecular weight excluding hydrogens is 510 g/mol. The summed E-state index contributed by atoms with van der Waals surface area (Å²) < 4.78 is 0. The second kappa shape index (κ2) is 11.4. The monoisotopic (exact) mass is 545 g/mol. The SMILES string of the molecule is CC#CC(=O)N1CC=C(c2c[nH]c3ncnc(-c4ccc(CNC(=O)c5ccc(C(C)(C)C)cc5)c(C)c4)c23)CC1. The van der Waals surface area contributed by atoms with Crippen LogP contribution in [-0.4, -0.2) is 44.8 Å². The Hall–Kier alpha value is -4.70. The molecule has 2 aromatic heterocycles. The Kier molecular flexibility index (Phi) is 7.76. The Morgan fingerprint density at radius 2 is 1.88 bits per heavy atom. The van der Waals surface area contributed by atoms with Gasteiger partial charge in [-0.3, -0.25) is 9.59 Å². The number of aromatic amines is 1. The van der Waals surface area contributed by atoms with Gasteiger partial charge >= 0.3 is 0 Å². The van der Waals surface area contributed by atoms with E-state index in [9.17, 15) is 9.59 Å². The fourth-order valence-corrected chi connectivity index (χ4v) is 5.16. The van der Waals surface area contributed by atoms with Crippen LogP contribution in [0.2, 0.25) is 0 Å². The molecule has 0 spiro atoms. The number of amides is 2. The molecular formula is C34H35N5O2. The first kappa shape index (κ1) is 27.9. The molecule has 2 aromatic carbocycles. The minimum atomic E-state index is -0.143. The predicted molar refractivity (Wildman–Crippen MR) is 163 cm³/mol. The molecule has 0 aliphatic carbocycles. The lowest BCUT2D eigenvalue weighted by Gasteiger charge is -2.24. The Balaban J connectivity index is 1.35. The van der Waals surface area contributed by atoms with Crippen LogP contribution in [0.15, 0.2) is 61.1 Å². The van der Waals surface area contributed by atoms with Gasteiger partial charge in [0.25, 0.3) is 11.8 Å². The zero-order valence-electron chi connectivity index (χ0n) is 24.3. The Morgan fingerprint density at radius 3 is 2.54 bits per heavy atom. The molecule has 5 rings (SSSR count). The van der Waals surface area contributed by atoms with Crippen molar-refractivity contribution in [3.05, 3.63) is 88.9 Å². The van der Waals surface area contributed by atoms with Crippen molar-refractivity contribution in [2.45, 2.75) is 53.0 Å². The quantitative estimate of drug-likeness (QED) is 0.310. The summed E-state index contributed by atoms with van der Waals surface area (Å²) in [6.07, 6.45) is 6.37. The van der Waals surface area contributed by atoms with Gasteiger partial charge in [0, 0.05) is 42.5 Å². The maximum atomic E-state index is 12.8. The van der Waals surface area contributed by atoms with E-state index in [-0.39, 0.29) is 17.2 Å². The third-order valence-electron chi connectivity index (χ3n) is 7.61. The first-order valence-electron chi connectivity index (χ1n) is 13.9. The van der Waals surface area contributed by atoms with E-state index in [0.29, 0.717) is 25.2 Å². The lowest BCUT2D eigenvalue weighted by Crippen LogP contribution is -2.33. The van der Waals surface area contributed by atoms with Gasteiger partial charge in [0.05, 0.1) is 11.1 Å². The standard InChI is InChI=1S/C34H35N5O2/c1-6-7-29(40)39-16-14-23(15-17-39)28-20-35-32-30(28)31(37-21-38-32)25-8-9-26(22(2)18-25)19-36-33(41)24-10-12-27(13-11-24)34(3,4)5/h8-14,18,20-21H,15-17,19H2,1-5H3,(H,36,41)(H,35,37,38). The van der Waals surface area contributed by atoms with Gasteiger partial charge in [-0.25, -0.2) is 9.97 Å². The number of hydrogen-bond donors (Lipinski definition) is 2. The number of carbonyl (C=O) groups is 2. The van der Waals surface area contributed by atoms with Crippen molar-refractivity contribution < 1.29 is 9.59 Å². The van der Waals surface area contributed by atoms with E-state index in [2.05, 4.69) is 65.0 Å². The van der Waals surface area contributed by atoms with Crippen molar-refractivity contribution in [2.24, 2.45) is 0 Å². The molecule has 2 amide bonds. The second-order valence-corrected chi connectivity index (χ2v) is 11.4. The number of nitrogens with one attached hydrogen (secondary N) is 2. The summed E-state index contributed by atoms with van der Waals surface area (Å²) in [6.45, 7) is 11.8. The topological polar surface area (TPSA) is 91.0 Å². The molecule has 2 N–H and O–H groups in total. The average Bonchev–Trinajstić information content (AvgIpc) is 3.41. The van der Waals surface area contributed by atoms with Crippen molar-refractivity contribution in [2.75, 3.05) is 13.1 Å². The van der Waals surface area contributed by atoms with E-state index in [1.807, 2.05) is 49.5 Å². The number of hydrogen-bond acceptors (Lipinski definition) is 4. The summed E-state index contributed by atoms with van der Waals surface area (Å²) in [5.74, 6) is 5.07. The van der Waals surface area contributed by atoms with Gasteiger partial charge < -0.3 is 15.2 Å². The summed E-state index contributed by atoms with van der Waals surface area (Å²) in [4.78, 5) is 39.2. The molecule has 0 fully saturated rings. The molecule has 1 aliphatic rings. The van der Waals surface area contributed by atoms with Gasteiger partial charge in [0.15, 0.2) is 0 Å². The van der Waals surface area contributed by atoms with E-state index >= 15 is 0 Å². The van der Waals surface area contributed by atoms with Crippen LogP contribution in [0.5, 0.6) is 0 Å². The normalized spacial score (nSPS) is 13.4. The Morgan fingerprint density at radius 1 is 1.10 bits per heavy atom. The number of nitrogens with zero attached hydrogens (tertiary/aromatic N) is 3. The van der Waals surface area contributed by atoms with Crippen molar-refractivity contribution in [1.82, 2.24) is 25.2 Å². The molecule has 4 aromatic rings. The van der Waals surface area contributed by atoms with E-state index in [0.717, 1.165) is 51.0 Å². The van der Waals surface area contributed by atoms with Crippen molar-refractivity contribution in [1.29, 1.82) is 0 Å². The van der Waals surface area contributed by atoms with Crippen molar-refractivity contribution >= 4 is 28.4 Å². The molecule has 0 unspecified atom stereocenters. The van der Waals surface area contributed by atoms with E-state index < -0.39 is 0 Å². The van der Waals surface area contributed by atoms with E-state index in [4.69, 9.17) is 0 Å². The van der Waals surface area contributed by atoms with Crippen LogP contribution in [0.4, 0.5) is 0 Å². The minimum Gasteiger partial charge on any atom is -0.348 e. The smallest absolute Gasteiger partial charge is 0.298 e. The molecule has 1 aliphatic heterocycles. The van der Waals surface area contributed by atoms with Gasteiger partial charge in [-0.05, 0) is 72.1 Å². The van der Waals surface area contributed by atoms with Crippen LogP contribution in [0.1, 0.15) is 66.7 Å². The van der Waals surface area contributed by atoms with Crippen LogP contribution in [0, 0.1) is 18.8 Å². The van der Waals surface area contributed by atoms with E-state index in [1.54, 1.807) is 18.2 Å². The number of aromatic nitrogens is 3. The highest BCUT2D eigenvalue weighted by molar-refractivity contribution is 6.00. The van der Waals surface area contributed by atoms with Crippen molar-refractivity contribution in [3.8, 4) is 23.1 Å². The lowest BCUT2D eigenvalue weighted by molar-refractivity contribution is -0.124. The third-order valence-corrected chi connectivity index (χ3v) is 7.61. The predicted octanol–water partition coefficient (Wildman–Crippen LogP) is 5.80. The molecule has 3 heterocycles. The fourth-order valence-electron chi connectivity index (χ4n) is 5.16. The van der Waals surface area contributed by atoms with Crippen LogP contribution in [0.25, 0.3) is 27.9 Å². The molecule has 7 heteroatoms. The Bertz CT molecular complexity index is 1710. The van der Waals surface area contributed by atoms with Gasteiger partial charge in [-0.2, -0.15) is 0 Å². The molecule has 0 saturated carbocycles. The average molecular weight is 546 g/mol. The van der Waals surface area contributed by atoms with Crippen LogP contribution in [0.3, 0.4) is 0 Å². The summed E-state index contributed by atoms with van der Waals surface area (Å²) in [5.41, 5.74) is 8.82. The van der Waals surface area contributed by atoms with E-state index in [1.165, 1.54) is 5.56 Å². The Labute approximate surface area is 241 Å². The summed E-state index contributed by atoms with van der Waals surface area (Å²) >= 11 is 0. The molecule has 208 valence electrons. The molecule has 0 atom stereocenters. The first-order valence-corrected chi connectivity index (χ1v) is 13.9. The number of aryl methyl sites for hydroxylation is 1. The highest BCUT2D eigenvalue weighted by Gasteiger charge is 2.21. The fraction of sp³-hybridized carbons (Fsp3) is 0.294. The molecule has 0 radical (unpaired) electrons. The summed E-state index contributed by atoms with van der Waals surface area (Å²) in [7, 11) is 0. The highest BCUT2D eigenvalue weighted by atomic mass is 16.2. The lowest BCUT2D eigenvalue weighted by atomic mass is 9.87. The number of benzene rings is 2. The summed E-state index contributed by atoms with van der Waals surface area (Å²) in [6, 6.07) is 14.0. The zero-order chi connectivity index (χ0) is 29.1. The second-order valence-electron chi connectivity index (χ2n) is 11.4. The molecule has 41 heavy (non-hydrogen) atoms. The van der Waals surface area contributed by atoms with Gasteiger partial charge in [0.1, 0.15) is 12.0 Å². The zero-order valence-corrected chi connectivity index (χ0v) is 24.3. The molecule has 0 saturated heterocycles. The van der Waals surface area contributed by atoms with Gasteiger partial charge in [0.2, 0.25) is 0 Å². The van der Waals surface area contributed by atoms with Crippen LogP contribution < -0.4 is 5.32 Å². The molecule has 0 bridgehead atoms. The van der Waals surface area contributed by atoms with Gasteiger partial charge in [-0.1, -0.05) is 57.0 Å². The number of H-pyrrole nitrogens is 1. The molecule has 7 nitrogen and oxygen atoms in total. The highest BCUT2D eigenvalue weighted by Crippen LogP contribution is 2.35. The first-order chi connectivity index (χ1) is 19.7. The summed E-state index contributed by atoms with van der Waals surface area (Å²) in [5, 5.41) is 4.02. The minimum absolute atomic E-state index is 0.0448.